The van der Waals surface area contributed by atoms with Crippen LogP contribution in [0.5, 0.6) is 5.75 Å². The molecule has 2 aromatic carbocycles. The molecule has 5 N–H and O–H groups in total. The molecule has 0 aliphatic heterocycles. The molecule has 0 radical (unpaired) electrons. The third-order valence-electron chi connectivity index (χ3n) is 4.24. The molecular weight excluding hydrogens is 452 g/mol. The number of nitrogens with one attached hydrogen (secondary N) is 2. The van der Waals surface area contributed by atoms with Gasteiger partial charge in [0.15, 0.2) is 0 Å². The first-order chi connectivity index (χ1) is 15.1. The fourth-order valence-corrected chi connectivity index (χ4v) is 3.70. The summed E-state index contributed by atoms with van der Waals surface area (Å²) in [4.78, 5) is 15.6. The molecule has 32 heavy (non-hydrogen) atoms. The Balaban J connectivity index is 1.74. The zero-order valence-electron chi connectivity index (χ0n) is 16.2. The highest BCUT2D eigenvalue weighted by atomic mass is 32.1. The van der Waals surface area contributed by atoms with Crippen LogP contribution < -0.4 is 15.8 Å². The largest absolute Gasteiger partial charge is 0.488 e. The smallest absolute Gasteiger partial charge is 0.416 e. The minimum Gasteiger partial charge on any atom is -0.488 e. The van der Waals surface area contributed by atoms with Gasteiger partial charge in [-0.25, -0.2) is 14.2 Å². The Labute approximate surface area is 183 Å². The van der Waals surface area contributed by atoms with Gasteiger partial charge < -0.3 is 15.6 Å². The molecule has 1 amide bonds. The number of carbonyl (C=O) groups is 1. The van der Waals surface area contributed by atoms with Crippen LogP contribution in [0.3, 0.4) is 0 Å². The summed E-state index contributed by atoms with van der Waals surface area (Å²) < 4.78 is 58.0. The zero-order valence-corrected chi connectivity index (χ0v) is 17.0. The number of hydrogen-bond donors (Lipinski definition) is 4. The van der Waals surface area contributed by atoms with Gasteiger partial charge in [0, 0.05) is 18.2 Å². The standard InChI is InChI=1S/C20H16F4N4O3S/c21-14-7-12(5-6-13(14)17(26)28-19(29)30)31-9-16-15(8-25)27-18(32-16)10-1-3-11(4-2-10)20(22,23)24/h1-7H,8-9,25H2,(H2,26,28)(H,29,30). The third kappa shape index (κ3) is 5.39. The monoisotopic (exact) mass is 468 g/mol. The molecule has 3 rings (SSSR count). The van der Waals surface area contributed by atoms with E-state index in [0.717, 1.165) is 18.2 Å². The lowest BCUT2D eigenvalue weighted by Gasteiger charge is -2.09. The molecule has 0 unspecified atom stereocenters. The summed E-state index contributed by atoms with van der Waals surface area (Å²) in [5.74, 6) is -1.34. The van der Waals surface area contributed by atoms with Crippen molar-refractivity contribution >= 4 is 23.3 Å². The molecule has 0 spiro atoms. The van der Waals surface area contributed by atoms with Gasteiger partial charge in [0.1, 0.15) is 29.0 Å². The number of halogens is 4. The number of aromatic nitrogens is 1. The Morgan fingerprint density at radius 3 is 2.47 bits per heavy atom. The number of carboxylic acid groups (broad SMARTS) is 1. The number of nitrogens with two attached hydrogens (primary N) is 1. The third-order valence-corrected chi connectivity index (χ3v) is 5.36. The van der Waals surface area contributed by atoms with Crippen molar-refractivity contribution in [1.82, 2.24) is 10.3 Å². The second-order valence-corrected chi connectivity index (χ2v) is 7.49. The number of ether oxygens (including phenoxy) is 1. The highest BCUT2D eigenvalue weighted by Gasteiger charge is 2.30. The predicted molar refractivity (Wildman–Crippen MR) is 109 cm³/mol. The number of thiazole rings is 1. The van der Waals surface area contributed by atoms with Crippen LogP contribution in [0.2, 0.25) is 0 Å². The summed E-state index contributed by atoms with van der Waals surface area (Å²) in [6.45, 7) is 0.0512. The fraction of sp³-hybridized carbons (Fsp3) is 0.150. The van der Waals surface area contributed by atoms with E-state index in [1.54, 1.807) is 5.32 Å². The Bertz CT molecular complexity index is 1150. The molecule has 7 nitrogen and oxygen atoms in total. The van der Waals surface area contributed by atoms with Crippen molar-refractivity contribution in [2.24, 2.45) is 5.73 Å². The van der Waals surface area contributed by atoms with Crippen LogP contribution in [0.25, 0.3) is 10.6 Å². The SMILES string of the molecule is N=C(NC(=O)O)c1ccc(OCc2sc(-c3ccc(C(F)(F)F)cc3)nc2CN)cc1F. The molecule has 0 fully saturated rings. The van der Waals surface area contributed by atoms with Crippen molar-refractivity contribution in [3.05, 3.63) is 70.0 Å². The van der Waals surface area contributed by atoms with E-state index in [1.807, 2.05) is 0 Å². The molecule has 1 heterocycles. The van der Waals surface area contributed by atoms with Crippen LogP contribution in [0.15, 0.2) is 42.5 Å². The van der Waals surface area contributed by atoms with Gasteiger partial charge in [-0.3, -0.25) is 10.7 Å². The van der Waals surface area contributed by atoms with E-state index < -0.39 is 29.5 Å². The lowest BCUT2D eigenvalue weighted by molar-refractivity contribution is -0.137. The molecule has 0 aliphatic rings. The second kappa shape index (κ2) is 9.32. The first kappa shape index (κ1) is 23.2. The van der Waals surface area contributed by atoms with Crippen LogP contribution in [-0.4, -0.2) is 22.0 Å². The summed E-state index contributed by atoms with van der Waals surface area (Å²) in [6, 6.07) is 8.16. The van der Waals surface area contributed by atoms with E-state index in [9.17, 15) is 22.4 Å². The second-order valence-electron chi connectivity index (χ2n) is 6.40. The highest BCUT2D eigenvalue weighted by Crippen LogP contribution is 2.33. The number of rotatable bonds is 6. The average molecular weight is 468 g/mol. The van der Waals surface area contributed by atoms with Gasteiger partial charge in [0.05, 0.1) is 21.7 Å². The number of amidine groups is 1. The van der Waals surface area contributed by atoms with Gasteiger partial charge in [0.2, 0.25) is 0 Å². The maximum Gasteiger partial charge on any atom is 0.416 e. The zero-order chi connectivity index (χ0) is 23.5. The lowest BCUT2D eigenvalue weighted by atomic mass is 10.1. The molecule has 3 aromatic rings. The van der Waals surface area contributed by atoms with Crippen molar-refractivity contribution < 1.29 is 32.2 Å². The number of amides is 1. The number of benzene rings is 2. The normalized spacial score (nSPS) is 11.3. The molecular formula is C20H16F4N4O3S. The molecule has 168 valence electrons. The summed E-state index contributed by atoms with van der Waals surface area (Å²) in [6.07, 6.45) is -5.92. The van der Waals surface area contributed by atoms with Gasteiger partial charge in [-0.1, -0.05) is 12.1 Å². The summed E-state index contributed by atoms with van der Waals surface area (Å²) >= 11 is 1.19. The molecule has 1 aromatic heterocycles. The minimum absolute atomic E-state index is 0.0194. The average Bonchev–Trinajstić information content (AvgIpc) is 3.14. The van der Waals surface area contributed by atoms with Gasteiger partial charge in [-0.15, -0.1) is 11.3 Å². The fourth-order valence-electron chi connectivity index (χ4n) is 2.69. The van der Waals surface area contributed by atoms with Gasteiger partial charge in [-0.05, 0) is 24.3 Å². The molecule has 12 heteroatoms. The summed E-state index contributed by atoms with van der Waals surface area (Å²) in [5.41, 5.74) is 5.68. The van der Waals surface area contributed by atoms with Crippen molar-refractivity contribution in [2.45, 2.75) is 19.3 Å². The number of nitrogens with zero attached hydrogens (tertiary/aromatic N) is 1. The Hall–Kier alpha value is -3.51. The molecule has 0 aliphatic carbocycles. The van der Waals surface area contributed by atoms with Crippen LogP contribution in [-0.2, 0) is 19.3 Å². The topological polar surface area (TPSA) is 121 Å². The minimum atomic E-state index is -4.43. The number of alkyl halides is 3. The Morgan fingerprint density at radius 2 is 1.91 bits per heavy atom. The van der Waals surface area contributed by atoms with Gasteiger partial charge in [0.25, 0.3) is 0 Å². The maximum absolute atomic E-state index is 14.2. The molecule has 0 bridgehead atoms. The van der Waals surface area contributed by atoms with Crippen LogP contribution in [0.4, 0.5) is 22.4 Å². The van der Waals surface area contributed by atoms with Crippen molar-refractivity contribution in [2.75, 3.05) is 0 Å². The Morgan fingerprint density at radius 1 is 1.22 bits per heavy atom. The van der Waals surface area contributed by atoms with Crippen LogP contribution in [0, 0.1) is 11.2 Å². The molecule has 0 saturated heterocycles. The summed E-state index contributed by atoms with van der Waals surface area (Å²) in [5, 5.41) is 18.4. The first-order valence-electron chi connectivity index (χ1n) is 8.96. The van der Waals surface area contributed by atoms with E-state index in [2.05, 4.69) is 4.98 Å². The van der Waals surface area contributed by atoms with E-state index in [4.69, 9.17) is 21.0 Å². The highest BCUT2D eigenvalue weighted by molar-refractivity contribution is 7.15. The summed E-state index contributed by atoms with van der Waals surface area (Å²) in [7, 11) is 0. The number of hydrogen-bond acceptors (Lipinski definition) is 6. The van der Waals surface area contributed by atoms with Gasteiger partial charge in [-0.2, -0.15) is 13.2 Å². The van der Waals surface area contributed by atoms with E-state index in [0.29, 0.717) is 21.1 Å². The quantitative estimate of drug-likeness (QED) is 0.239. The molecule has 0 saturated carbocycles. The van der Waals surface area contributed by atoms with Crippen molar-refractivity contribution in [1.29, 1.82) is 5.41 Å². The predicted octanol–water partition coefficient (Wildman–Crippen LogP) is 4.60. The van der Waals surface area contributed by atoms with E-state index in [1.165, 1.54) is 35.6 Å². The maximum atomic E-state index is 14.2. The van der Waals surface area contributed by atoms with Gasteiger partial charge >= 0.3 is 12.3 Å². The van der Waals surface area contributed by atoms with Crippen LogP contribution >= 0.6 is 11.3 Å². The Kier molecular flexibility index (Phi) is 6.75. The van der Waals surface area contributed by atoms with E-state index >= 15 is 0 Å². The van der Waals surface area contributed by atoms with Crippen molar-refractivity contribution in [3.63, 3.8) is 0 Å². The lowest BCUT2D eigenvalue weighted by Crippen LogP contribution is -2.29. The van der Waals surface area contributed by atoms with Crippen LogP contribution in [0.1, 0.15) is 21.7 Å². The molecule has 0 atom stereocenters. The van der Waals surface area contributed by atoms with Crippen molar-refractivity contribution in [3.8, 4) is 16.3 Å². The van der Waals surface area contributed by atoms with E-state index in [-0.39, 0.29) is 24.5 Å². The first-order valence-corrected chi connectivity index (χ1v) is 9.77.